The number of hydrogen-bond donors (Lipinski definition) is 1. The van der Waals surface area contributed by atoms with Gasteiger partial charge in [0.25, 0.3) is 11.7 Å². The number of alkyl halides is 2. The first kappa shape index (κ1) is 16.1. The molecule has 6 nitrogen and oxygen atoms in total. The summed E-state index contributed by atoms with van der Waals surface area (Å²) >= 11 is 0.452. The molecule has 122 valence electrons. The molecule has 0 fully saturated rings. The molecule has 0 unspecified atom stereocenters. The third-order valence-corrected chi connectivity index (χ3v) is 3.80. The molecule has 0 saturated heterocycles. The van der Waals surface area contributed by atoms with Crippen molar-refractivity contribution in [2.24, 2.45) is 0 Å². The summed E-state index contributed by atoms with van der Waals surface area (Å²) in [6, 6.07) is 13.1. The number of nitrogens with one attached hydrogen (secondary N) is 1. The second-order valence-corrected chi connectivity index (χ2v) is 5.69. The lowest BCUT2D eigenvalue weighted by Crippen LogP contribution is -2.15. The molecule has 24 heavy (non-hydrogen) atoms. The molecule has 1 N–H and O–H groups in total. The number of halogens is 2. The van der Waals surface area contributed by atoms with E-state index >= 15 is 0 Å². The van der Waals surface area contributed by atoms with Gasteiger partial charge in [-0.1, -0.05) is 23.9 Å². The molecule has 0 bridgehead atoms. The normalized spacial score (nSPS) is 10.8. The minimum atomic E-state index is -2.48. The average molecular weight is 347 g/mol. The number of thioether (sulfide) groups is 1. The van der Waals surface area contributed by atoms with Gasteiger partial charge in [-0.25, -0.2) is 0 Å². The van der Waals surface area contributed by atoms with Crippen LogP contribution in [0.15, 0.2) is 59.8 Å². The number of carbonyl (C=O) groups is 1. The Kier molecular flexibility index (Phi) is 4.80. The molecule has 1 amide bonds. The number of nitrogens with zero attached hydrogens (tertiary/aromatic N) is 4. The second kappa shape index (κ2) is 7.18. The monoisotopic (exact) mass is 347 g/mol. The quantitative estimate of drug-likeness (QED) is 0.718. The van der Waals surface area contributed by atoms with E-state index in [2.05, 4.69) is 20.8 Å². The maximum absolute atomic E-state index is 12.5. The Morgan fingerprint density at radius 2 is 1.88 bits per heavy atom. The molecule has 3 aromatic rings. The highest BCUT2D eigenvalue weighted by atomic mass is 32.2. The molecule has 0 spiro atoms. The summed E-state index contributed by atoms with van der Waals surface area (Å²) < 4.78 is 26.0. The van der Waals surface area contributed by atoms with E-state index in [1.54, 1.807) is 36.4 Å². The van der Waals surface area contributed by atoms with Crippen LogP contribution < -0.4 is 5.32 Å². The van der Waals surface area contributed by atoms with Crippen LogP contribution in [0.1, 0.15) is 10.4 Å². The summed E-state index contributed by atoms with van der Waals surface area (Å²) in [5, 5.41) is 13.6. The van der Waals surface area contributed by atoms with E-state index in [4.69, 9.17) is 0 Å². The standard InChI is InChI=1S/C15H11F2N5OS/c16-15(17)24-11-7-5-10(6-8-11)19-14(23)12-3-1-2-4-13(12)22-9-18-20-21-22/h1-9,15H,(H,19,23). The Hall–Kier alpha value is -2.81. The van der Waals surface area contributed by atoms with Crippen molar-refractivity contribution in [1.82, 2.24) is 20.2 Å². The van der Waals surface area contributed by atoms with Crippen LogP contribution in [0.4, 0.5) is 14.5 Å². The van der Waals surface area contributed by atoms with Gasteiger partial charge in [-0.3, -0.25) is 4.79 Å². The zero-order chi connectivity index (χ0) is 16.9. The van der Waals surface area contributed by atoms with Crippen LogP contribution in [-0.4, -0.2) is 31.9 Å². The Balaban J connectivity index is 1.78. The van der Waals surface area contributed by atoms with Crippen molar-refractivity contribution in [2.75, 3.05) is 5.32 Å². The molecular weight excluding hydrogens is 336 g/mol. The van der Waals surface area contributed by atoms with E-state index in [-0.39, 0.29) is 5.91 Å². The fraction of sp³-hybridized carbons (Fsp3) is 0.0667. The molecule has 0 aliphatic heterocycles. The highest BCUT2D eigenvalue weighted by Gasteiger charge is 2.13. The fourth-order valence-electron chi connectivity index (χ4n) is 2.06. The number of aromatic nitrogens is 4. The van der Waals surface area contributed by atoms with Gasteiger partial charge in [0.15, 0.2) is 0 Å². The molecular formula is C15H11F2N5OS. The Bertz CT molecular complexity index is 824. The van der Waals surface area contributed by atoms with E-state index in [0.717, 1.165) is 0 Å². The lowest BCUT2D eigenvalue weighted by Gasteiger charge is -2.10. The van der Waals surface area contributed by atoms with Crippen molar-refractivity contribution in [2.45, 2.75) is 10.7 Å². The van der Waals surface area contributed by atoms with Gasteiger partial charge in [0.05, 0.1) is 11.3 Å². The zero-order valence-corrected chi connectivity index (χ0v) is 13.0. The van der Waals surface area contributed by atoms with Crippen LogP contribution >= 0.6 is 11.8 Å². The zero-order valence-electron chi connectivity index (χ0n) is 12.1. The number of tetrazole rings is 1. The van der Waals surface area contributed by atoms with Gasteiger partial charge in [0.1, 0.15) is 6.33 Å². The first-order chi connectivity index (χ1) is 11.6. The van der Waals surface area contributed by atoms with Crippen molar-refractivity contribution in [3.8, 4) is 5.69 Å². The van der Waals surface area contributed by atoms with Crippen molar-refractivity contribution < 1.29 is 13.6 Å². The molecule has 0 saturated carbocycles. The Morgan fingerprint density at radius 3 is 2.54 bits per heavy atom. The minimum Gasteiger partial charge on any atom is -0.322 e. The highest BCUT2D eigenvalue weighted by Crippen LogP contribution is 2.26. The largest absolute Gasteiger partial charge is 0.322 e. The maximum Gasteiger partial charge on any atom is 0.288 e. The number of hydrogen-bond acceptors (Lipinski definition) is 5. The van der Waals surface area contributed by atoms with Crippen LogP contribution in [0.2, 0.25) is 0 Å². The van der Waals surface area contributed by atoms with Crippen LogP contribution in [0.25, 0.3) is 5.69 Å². The molecule has 0 aliphatic carbocycles. The summed E-state index contributed by atoms with van der Waals surface area (Å²) in [6.07, 6.45) is 1.39. The third kappa shape index (κ3) is 3.74. The van der Waals surface area contributed by atoms with Crippen molar-refractivity contribution in [3.63, 3.8) is 0 Å². The molecule has 0 atom stereocenters. The van der Waals surface area contributed by atoms with Gasteiger partial charge in [-0.2, -0.15) is 13.5 Å². The topological polar surface area (TPSA) is 72.7 Å². The summed E-state index contributed by atoms with van der Waals surface area (Å²) in [5.41, 5.74) is 1.42. The number of benzene rings is 2. The van der Waals surface area contributed by atoms with Gasteiger partial charge >= 0.3 is 0 Å². The summed E-state index contributed by atoms with van der Waals surface area (Å²) in [7, 11) is 0. The molecule has 0 radical (unpaired) electrons. The van der Waals surface area contributed by atoms with E-state index in [9.17, 15) is 13.6 Å². The summed E-state index contributed by atoms with van der Waals surface area (Å²) in [4.78, 5) is 12.9. The third-order valence-electron chi connectivity index (χ3n) is 3.08. The first-order valence-corrected chi connectivity index (χ1v) is 7.70. The first-order valence-electron chi connectivity index (χ1n) is 6.82. The van der Waals surface area contributed by atoms with Crippen molar-refractivity contribution >= 4 is 23.4 Å². The van der Waals surface area contributed by atoms with Gasteiger partial charge < -0.3 is 5.32 Å². The summed E-state index contributed by atoms with van der Waals surface area (Å²) in [6.45, 7) is 0. The fourth-order valence-corrected chi connectivity index (χ4v) is 2.55. The van der Waals surface area contributed by atoms with Crippen molar-refractivity contribution in [1.29, 1.82) is 0 Å². The smallest absolute Gasteiger partial charge is 0.288 e. The minimum absolute atomic E-state index is 0.352. The lowest BCUT2D eigenvalue weighted by molar-refractivity contribution is 0.102. The van der Waals surface area contributed by atoms with Gasteiger partial charge in [-0.15, -0.1) is 5.10 Å². The number of anilines is 1. The van der Waals surface area contributed by atoms with Crippen molar-refractivity contribution in [3.05, 3.63) is 60.4 Å². The van der Waals surface area contributed by atoms with E-state index in [1.165, 1.54) is 23.1 Å². The summed E-state index contributed by atoms with van der Waals surface area (Å²) in [5.74, 6) is -2.83. The van der Waals surface area contributed by atoms with Gasteiger partial charge in [0.2, 0.25) is 0 Å². The maximum atomic E-state index is 12.5. The van der Waals surface area contributed by atoms with Crippen LogP contribution in [0, 0.1) is 0 Å². The van der Waals surface area contributed by atoms with Gasteiger partial charge in [-0.05, 0) is 46.8 Å². The average Bonchev–Trinajstić information content (AvgIpc) is 3.10. The van der Waals surface area contributed by atoms with Crippen LogP contribution in [0.3, 0.4) is 0 Å². The molecule has 2 aromatic carbocycles. The lowest BCUT2D eigenvalue weighted by atomic mass is 10.1. The van der Waals surface area contributed by atoms with E-state index in [1.807, 2.05) is 0 Å². The number of carbonyl (C=O) groups excluding carboxylic acids is 1. The Morgan fingerprint density at radius 1 is 1.12 bits per heavy atom. The highest BCUT2D eigenvalue weighted by molar-refractivity contribution is 7.99. The molecule has 1 heterocycles. The van der Waals surface area contributed by atoms with Crippen LogP contribution in [-0.2, 0) is 0 Å². The van der Waals surface area contributed by atoms with Gasteiger partial charge in [0, 0.05) is 10.6 Å². The second-order valence-electron chi connectivity index (χ2n) is 4.63. The predicted octanol–water partition coefficient (Wildman–Crippen LogP) is 3.23. The molecule has 1 aromatic heterocycles. The number of para-hydroxylation sites is 1. The molecule has 9 heteroatoms. The number of rotatable bonds is 5. The predicted molar refractivity (Wildman–Crippen MR) is 85.4 cm³/mol. The Labute approximate surface area is 139 Å². The van der Waals surface area contributed by atoms with E-state index in [0.29, 0.717) is 33.6 Å². The van der Waals surface area contributed by atoms with Crippen LogP contribution in [0.5, 0.6) is 0 Å². The number of amides is 1. The molecule has 0 aliphatic rings. The van der Waals surface area contributed by atoms with E-state index < -0.39 is 5.76 Å². The SMILES string of the molecule is O=C(Nc1ccc(SC(F)F)cc1)c1ccccc1-n1cnnn1. The molecule has 3 rings (SSSR count).